The number of carbonyl (C=O) groups excluding carboxylic acids is 1. The van der Waals surface area contributed by atoms with Crippen LogP contribution in [-0.2, 0) is 4.79 Å². The molecule has 3 atom stereocenters. The summed E-state index contributed by atoms with van der Waals surface area (Å²) in [5.74, 6) is -2.13. The second-order valence-electron chi connectivity index (χ2n) is 5.81. The second kappa shape index (κ2) is 8.55. The molecular weight excluding hydrogens is 329 g/mol. The molecule has 1 fully saturated rings. The van der Waals surface area contributed by atoms with Gasteiger partial charge in [0.05, 0.1) is 11.8 Å². The molecule has 1 aromatic rings. The highest BCUT2D eigenvalue weighted by Gasteiger charge is 2.42. The molecule has 0 bridgehead atoms. The summed E-state index contributed by atoms with van der Waals surface area (Å²) in [6, 6.07) is 8.64. The van der Waals surface area contributed by atoms with Gasteiger partial charge in [-0.05, 0) is 24.8 Å². The maximum atomic E-state index is 12.8. The van der Waals surface area contributed by atoms with Crippen molar-refractivity contribution in [3.8, 4) is 0 Å². The highest BCUT2D eigenvalue weighted by atomic mass is 35.5. The van der Waals surface area contributed by atoms with E-state index in [4.69, 9.17) is 5.73 Å². The van der Waals surface area contributed by atoms with Gasteiger partial charge in [0.25, 0.3) is 0 Å². The molecule has 0 radical (unpaired) electrons. The fourth-order valence-corrected chi connectivity index (χ4v) is 3.00. The maximum Gasteiger partial charge on any atom is 0.391 e. The first-order chi connectivity index (χ1) is 10.4. The van der Waals surface area contributed by atoms with Crippen LogP contribution in [0.3, 0.4) is 0 Å². The van der Waals surface area contributed by atoms with E-state index >= 15 is 0 Å². The van der Waals surface area contributed by atoms with Gasteiger partial charge in [-0.1, -0.05) is 36.8 Å². The number of halogens is 4. The molecule has 1 aliphatic rings. The molecule has 3 N–H and O–H groups in total. The Labute approximate surface area is 140 Å². The standard InChI is InChI=1S/C16H21F3N2O.ClH/c17-16(18,19)12-7-4-8-13(9-12)21-15(22)14(10-20)11-5-2-1-3-6-11;/h1-3,5-6,12-14H,4,7-10,20H2,(H,21,22);1H. The Morgan fingerprint density at radius 1 is 1.26 bits per heavy atom. The smallest absolute Gasteiger partial charge is 0.353 e. The minimum absolute atomic E-state index is 0. The van der Waals surface area contributed by atoms with Crippen molar-refractivity contribution in [3.63, 3.8) is 0 Å². The van der Waals surface area contributed by atoms with Gasteiger partial charge in [-0.2, -0.15) is 13.2 Å². The number of benzene rings is 1. The number of alkyl halides is 3. The first-order valence-electron chi connectivity index (χ1n) is 7.54. The molecule has 130 valence electrons. The zero-order chi connectivity index (χ0) is 16.2. The lowest BCUT2D eigenvalue weighted by Crippen LogP contribution is -2.44. The Morgan fingerprint density at radius 3 is 2.48 bits per heavy atom. The number of hydrogen-bond donors (Lipinski definition) is 2. The van der Waals surface area contributed by atoms with Gasteiger partial charge in [-0.15, -0.1) is 12.4 Å². The molecule has 1 aliphatic carbocycles. The van der Waals surface area contributed by atoms with E-state index < -0.39 is 24.1 Å². The quantitative estimate of drug-likeness (QED) is 0.874. The highest BCUT2D eigenvalue weighted by Crippen LogP contribution is 2.37. The van der Waals surface area contributed by atoms with Gasteiger partial charge >= 0.3 is 6.18 Å². The van der Waals surface area contributed by atoms with E-state index in [9.17, 15) is 18.0 Å². The van der Waals surface area contributed by atoms with Gasteiger partial charge in [-0.25, -0.2) is 0 Å². The summed E-state index contributed by atoms with van der Waals surface area (Å²) in [6.45, 7) is 0.130. The predicted molar refractivity (Wildman–Crippen MR) is 85.4 cm³/mol. The summed E-state index contributed by atoms with van der Waals surface area (Å²) in [5, 5.41) is 2.75. The van der Waals surface area contributed by atoms with E-state index in [1.54, 1.807) is 12.1 Å². The van der Waals surface area contributed by atoms with Gasteiger partial charge in [0.2, 0.25) is 5.91 Å². The molecule has 3 unspecified atom stereocenters. The third-order valence-electron chi connectivity index (χ3n) is 4.24. The molecule has 0 saturated heterocycles. The van der Waals surface area contributed by atoms with Crippen LogP contribution in [0.25, 0.3) is 0 Å². The molecule has 1 saturated carbocycles. The number of nitrogens with two attached hydrogens (primary N) is 1. The molecule has 23 heavy (non-hydrogen) atoms. The maximum absolute atomic E-state index is 12.8. The molecule has 7 heteroatoms. The monoisotopic (exact) mass is 350 g/mol. The van der Waals surface area contributed by atoms with E-state index in [-0.39, 0.29) is 37.7 Å². The van der Waals surface area contributed by atoms with E-state index in [2.05, 4.69) is 5.32 Å². The summed E-state index contributed by atoms with van der Waals surface area (Å²) >= 11 is 0. The Morgan fingerprint density at radius 2 is 1.91 bits per heavy atom. The van der Waals surface area contributed by atoms with E-state index in [1.807, 2.05) is 18.2 Å². The third kappa shape index (κ3) is 5.39. The molecule has 0 aromatic heterocycles. The molecule has 3 nitrogen and oxygen atoms in total. The molecule has 1 amide bonds. The highest BCUT2D eigenvalue weighted by molar-refractivity contribution is 5.85. The lowest BCUT2D eigenvalue weighted by atomic mass is 9.85. The van der Waals surface area contributed by atoms with Crippen molar-refractivity contribution in [1.82, 2.24) is 5.32 Å². The minimum atomic E-state index is -4.18. The Bertz CT molecular complexity index is 496. The number of nitrogens with one attached hydrogen (secondary N) is 1. The summed E-state index contributed by atoms with van der Waals surface area (Å²) in [5.41, 5.74) is 6.45. The van der Waals surface area contributed by atoms with Crippen LogP contribution in [0.1, 0.15) is 37.2 Å². The van der Waals surface area contributed by atoms with Crippen molar-refractivity contribution in [1.29, 1.82) is 0 Å². The van der Waals surface area contributed by atoms with Crippen LogP contribution < -0.4 is 11.1 Å². The van der Waals surface area contributed by atoms with Crippen LogP contribution in [0.2, 0.25) is 0 Å². The van der Waals surface area contributed by atoms with Crippen LogP contribution in [0, 0.1) is 5.92 Å². The molecular formula is C16H22ClF3N2O. The molecule has 1 aromatic carbocycles. The van der Waals surface area contributed by atoms with Crippen molar-refractivity contribution in [3.05, 3.63) is 35.9 Å². The van der Waals surface area contributed by atoms with Crippen LogP contribution in [-0.4, -0.2) is 24.7 Å². The van der Waals surface area contributed by atoms with Gasteiger partial charge in [0.15, 0.2) is 0 Å². The molecule has 0 aliphatic heterocycles. The topological polar surface area (TPSA) is 55.1 Å². The van der Waals surface area contributed by atoms with Gasteiger partial charge in [-0.3, -0.25) is 4.79 Å². The Kier molecular flexibility index (Phi) is 7.35. The molecule has 2 rings (SSSR count). The first-order valence-corrected chi connectivity index (χ1v) is 7.54. The lowest BCUT2D eigenvalue weighted by Gasteiger charge is -2.32. The van der Waals surface area contributed by atoms with Crippen molar-refractivity contribution in [2.24, 2.45) is 11.7 Å². The zero-order valence-corrected chi connectivity index (χ0v) is 13.5. The average molecular weight is 351 g/mol. The number of carbonyl (C=O) groups is 1. The fourth-order valence-electron chi connectivity index (χ4n) is 3.00. The predicted octanol–water partition coefficient (Wildman–Crippen LogP) is 3.39. The summed E-state index contributed by atoms with van der Waals surface area (Å²) in [6.07, 6.45) is -3.01. The van der Waals surface area contributed by atoms with Gasteiger partial charge in [0, 0.05) is 12.6 Å². The largest absolute Gasteiger partial charge is 0.391 e. The minimum Gasteiger partial charge on any atom is -0.353 e. The normalized spacial score (nSPS) is 22.8. The summed E-state index contributed by atoms with van der Waals surface area (Å²) in [7, 11) is 0. The third-order valence-corrected chi connectivity index (χ3v) is 4.24. The fraction of sp³-hybridized carbons (Fsp3) is 0.562. The molecule has 0 heterocycles. The van der Waals surface area contributed by atoms with Crippen molar-refractivity contribution < 1.29 is 18.0 Å². The van der Waals surface area contributed by atoms with Crippen molar-refractivity contribution >= 4 is 18.3 Å². The lowest BCUT2D eigenvalue weighted by molar-refractivity contribution is -0.184. The number of hydrogen-bond acceptors (Lipinski definition) is 2. The second-order valence-corrected chi connectivity index (χ2v) is 5.81. The zero-order valence-electron chi connectivity index (χ0n) is 12.7. The van der Waals surface area contributed by atoms with Crippen LogP contribution in [0.4, 0.5) is 13.2 Å². The van der Waals surface area contributed by atoms with E-state index in [1.165, 1.54) is 0 Å². The number of amides is 1. The Balaban J connectivity index is 0.00000264. The first kappa shape index (κ1) is 19.8. The van der Waals surface area contributed by atoms with E-state index in [0.717, 1.165) is 5.56 Å². The Hall–Kier alpha value is -1.27. The van der Waals surface area contributed by atoms with Gasteiger partial charge < -0.3 is 11.1 Å². The van der Waals surface area contributed by atoms with Crippen LogP contribution in [0.5, 0.6) is 0 Å². The van der Waals surface area contributed by atoms with Crippen LogP contribution >= 0.6 is 12.4 Å². The van der Waals surface area contributed by atoms with Gasteiger partial charge in [0.1, 0.15) is 0 Å². The van der Waals surface area contributed by atoms with Crippen LogP contribution in [0.15, 0.2) is 30.3 Å². The van der Waals surface area contributed by atoms with E-state index in [0.29, 0.717) is 12.8 Å². The number of rotatable bonds is 4. The summed E-state index contributed by atoms with van der Waals surface area (Å²) in [4.78, 5) is 12.3. The van der Waals surface area contributed by atoms with Crippen molar-refractivity contribution in [2.45, 2.75) is 43.8 Å². The molecule has 0 spiro atoms. The SMILES string of the molecule is Cl.NCC(C(=O)NC1CCCC(C(F)(F)F)C1)c1ccccc1. The van der Waals surface area contributed by atoms with Crippen molar-refractivity contribution in [2.75, 3.05) is 6.54 Å². The average Bonchev–Trinajstić information content (AvgIpc) is 2.48. The summed E-state index contributed by atoms with van der Waals surface area (Å²) < 4.78 is 38.4.